The average Bonchev–Trinajstić information content (AvgIpc) is 1.97. The second kappa shape index (κ2) is 7.66. The van der Waals surface area contributed by atoms with E-state index >= 15 is 0 Å². The zero-order chi connectivity index (χ0) is 9.40. The van der Waals surface area contributed by atoms with Crippen molar-refractivity contribution in [2.75, 3.05) is 0 Å². The fourth-order valence-electron chi connectivity index (χ4n) is 1.07. The molecule has 0 aromatic rings. The van der Waals surface area contributed by atoms with Gasteiger partial charge in [0.15, 0.2) is 0 Å². The van der Waals surface area contributed by atoms with Crippen LogP contribution >= 0.6 is 8.25 Å². The summed E-state index contributed by atoms with van der Waals surface area (Å²) < 4.78 is 14.9. The molecule has 0 bridgehead atoms. The first-order valence-corrected chi connectivity index (χ1v) is 5.62. The third-order valence-electron chi connectivity index (χ3n) is 1.73. The molecule has 0 aliphatic heterocycles. The van der Waals surface area contributed by atoms with Crippen LogP contribution in [0.25, 0.3) is 0 Å². The highest BCUT2D eigenvalue weighted by molar-refractivity contribution is 7.32. The van der Waals surface area contributed by atoms with Crippen LogP contribution in [0.3, 0.4) is 0 Å². The van der Waals surface area contributed by atoms with Crippen LogP contribution in [0.5, 0.6) is 0 Å². The highest BCUT2D eigenvalue weighted by Gasteiger charge is 2.17. The molecule has 0 spiro atoms. The molecule has 12 heavy (non-hydrogen) atoms. The Kier molecular flexibility index (Phi) is 7.67. The third kappa shape index (κ3) is 8.12. The highest BCUT2D eigenvalue weighted by atomic mass is 31.1. The number of hydrogen-bond acceptors (Lipinski definition) is 2. The van der Waals surface area contributed by atoms with Crippen molar-refractivity contribution in [1.82, 2.24) is 0 Å². The first kappa shape index (κ1) is 12.0. The predicted octanol–water partition coefficient (Wildman–Crippen LogP) is 3.01. The van der Waals surface area contributed by atoms with Crippen LogP contribution in [0.4, 0.5) is 0 Å². The molecule has 2 unspecified atom stereocenters. The molecule has 0 fully saturated rings. The first-order chi connectivity index (χ1) is 5.66. The summed E-state index contributed by atoms with van der Waals surface area (Å²) in [4.78, 5) is 8.41. The average molecular weight is 193 g/mol. The van der Waals surface area contributed by atoms with Crippen molar-refractivity contribution in [2.24, 2.45) is 0 Å². The minimum atomic E-state index is -2.41. The van der Waals surface area contributed by atoms with Crippen LogP contribution in [0.15, 0.2) is 0 Å². The molecule has 0 aliphatic carbocycles. The van der Waals surface area contributed by atoms with Crippen LogP contribution < -0.4 is 0 Å². The topological polar surface area (TPSA) is 46.5 Å². The molecule has 0 heterocycles. The molecule has 0 aromatic heterocycles. The van der Waals surface area contributed by atoms with Gasteiger partial charge in [0.1, 0.15) is 6.10 Å². The van der Waals surface area contributed by atoms with E-state index in [-0.39, 0.29) is 6.10 Å². The standard InChI is InChI=1S/C8H17O3P/c1-3-4-5-6-7-8(2)11-12(9)10/h8H,3-7H2,1-2H3/p+1. The van der Waals surface area contributed by atoms with E-state index in [2.05, 4.69) is 6.92 Å². The van der Waals surface area contributed by atoms with Gasteiger partial charge in [0, 0.05) is 4.57 Å². The Morgan fingerprint density at radius 2 is 2.08 bits per heavy atom. The summed E-state index contributed by atoms with van der Waals surface area (Å²) in [5, 5.41) is 0. The Labute approximate surface area is 75.1 Å². The van der Waals surface area contributed by atoms with Crippen LogP contribution in [-0.4, -0.2) is 11.0 Å². The van der Waals surface area contributed by atoms with E-state index in [1.807, 2.05) is 6.92 Å². The second-order valence-electron chi connectivity index (χ2n) is 3.00. The maximum atomic E-state index is 10.2. The van der Waals surface area contributed by atoms with Gasteiger partial charge in [0.25, 0.3) is 0 Å². The summed E-state index contributed by atoms with van der Waals surface area (Å²) in [6, 6.07) is 0. The summed E-state index contributed by atoms with van der Waals surface area (Å²) >= 11 is 0. The SMILES string of the molecule is CCCCCCC(C)O[P+](=O)O. The molecular weight excluding hydrogens is 175 g/mol. The van der Waals surface area contributed by atoms with E-state index in [4.69, 9.17) is 9.42 Å². The summed E-state index contributed by atoms with van der Waals surface area (Å²) in [5.74, 6) is 0. The Morgan fingerprint density at radius 3 is 2.58 bits per heavy atom. The Morgan fingerprint density at radius 1 is 1.42 bits per heavy atom. The molecule has 0 aliphatic rings. The Hall–Kier alpha value is 0.0200. The molecule has 3 nitrogen and oxygen atoms in total. The van der Waals surface area contributed by atoms with E-state index in [9.17, 15) is 4.57 Å². The van der Waals surface area contributed by atoms with Gasteiger partial charge in [-0.1, -0.05) is 32.6 Å². The maximum absolute atomic E-state index is 10.2. The zero-order valence-electron chi connectivity index (χ0n) is 7.82. The van der Waals surface area contributed by atoms with E-state index in [1.165, 1.54) is 19.3 Å². The van der Waals surface area contributed by atoms with E-state index in [0.29, 0.717) is 0 Å². The first-order valence-electron chi connectivity index (χ1n) is 4.49. The van der Waals surface area contributed by atoms with E-state index < -0.39 is 8.25 Å². The van der Waals surface area contributed by atoms with Crippen molar-refractivity contribution in [3.05, 3.63) is 0 Å². The monoisotopic (exact) mass is 193 g/mol. The van der Waals surface area contributed by atoms with Crippen molar-refractivity contribution in [2.45, 2.75) is 52.1 Å². The molecule has 1 N–H and O–H groups in total. The summed E-state index contributed by atoms with van der Waals surface area (Å²) in [5.41, 5.74) is 0. The fourth-order valence-corrected chi connectivity index (χ4v) is 1.48. The van der Waals surface area contributed by atoms with Gasteiger partial charge < -0.3 is 0 Å². The predicted molar refractivity (Wildman–Crippen MR) is 49.1 cm³/mol. The van der Waals surface area contributed by atoms with Crippen molar-refractivity contribution >= 4 is 8.25 Å². The number of rotatable bonds is 7. The van der Waals surface area contributed by atoms with Gasteiger partial charge in [-0.3, -0.25) is 0 Å². The lowest BCUT2D eigenvalue weighted by molar-refractivity contribution is 0.192. The number of unbranched alkanes of at least 4 members (excludes halogenated alkanes) is 3. The van der Waals surface area contributed by atoms with Gasteiger partial charge in [-0.2, -0.15) is 0 Å². The summed E-state index contributed by atoms with van der Waals surface area (Å²) in [6.45, 7) is 3.99. The second-order valence-corrected chi connectivity index (χ2v) is 3.69. The summed E-state index contributed by atoms with van der Waals surface area (Å²) in [7, 11) is -2.41. The molecule has 2 atom stereocenters. The van der Waals surface area contributed by atoms with Gasteiger partial charge in [-0.15, -0.1) is 9.42 Å². The molecule has 0 radical (unpaired) electrons. The molecule has 4 heteroatoms. The van der Waals surface area contributed by atoms with Crippen LogP contribution in [0.2, 0.25) is 0 Å². The summed E-state index contributed by atoms with van der Waals surface area (Å²) in [6.07, 6.45) is 5.50. The largest absolute Gasteiger partial charge is 0.694 e. The van der Waals surface area contributed by atoms with Crippen molar-refractivity contribution < 1.29 is 14.0 Å². The minimum absolute atomic E-state index is 0.0875. The highest BCUT2D eigenvalue weighted by Crippen LogP contribution is 2.20. The van der Waals surface area contributed by atoms with Crippen molar-refractivity contribution in [3.8, 4) is 0 Å². The lowest BCUT2D eigenvalue weighted by Gasteiger charge is -2.02. The lowest BCUT2D eigenvalue weighted by Crippen LogP contribution is -2.02. The molecule has 0 rings (SSSR count). The quantitative estimate of drug-likeness (QED) is 0.499. The third-order valence-corrected chi connectivity index (χ3v) is 2.27. The van der Waals surface area contributed by atoms with Crippen molar-refractivity contribution in [1.29, 1.82) is 0 Å². The van der Waals surface area contributed by atoms with E-state index in [1.54, 1.807) is 0 Å². The van der Waals surface area contributed by atoms with Gasteiger partial charge in [0.2, 0.25) is 0 Å². The van der Waals surface area contributed by atoms with E-state index in [0.717, 1.165) is 12.8 Å². The lowest BCUT2D eigenvalue weighted by atomic mass is 10.1. The minimum Gasteiger partial charge on any atom is -0.133 e. The normalized spacial score (nSPS) is 14.4. The molecular formula is C8H18O3P+. The molecule has 72 valence electrons. The molecule has 0 amide bonds. The molecule has 0 saturated heterocycles. The van der Waals surface area contributed by atoms with Crippen LogP contribution in [0.1, 0.15) is 46.0 Å². The van der Waals surface area contributed by atoms with Crippen molar-refractivity contribution in [3.63, 3.8) is 0 Å². The smallest absolute Gasteiger partial charge is 0.133 e. The molecule has 0 aromatic carbocycles. The Bertz CT molecular complexity index is 127. The van der Waals surface area contributed by atoms with Gasteiger partial charge >= 0.3 is 8.25 Å². The number of hydrogen-bond donors (Lipinski definition) is 1. The maximum Gasteiger partial charge on any atom is 0.694 e. The van der Waals surface area contributed by atoms with Gasteiger partial charge in [0.05, 0.1) is 0 Å². The zero-order valence-corrected chi connectivity index (χ0v) is 8.72. The van der Waals surface area contributed by atoms with Crippen LogP contribution in [-0.2, 0) is 9.09 Å². The molecule has 0 saturated carbocycles. The fraction of sp³-hybridized carbons (Fsp3) is 1.00. The Balaban J connectivity index is 3.19. The van der Waals surface area contributed by atoms with Crippen LogP contribution in [0, 0.1) is 0 Å². The van der Waals surface area contributed by atoms with Gasteiger partial charge in [-0.05, 0) is 13.3 Å². The van der Waals surface area contributed by atoms with Gasteiger partial charge in [-0.25, -0.2) is 0 Å².